The van der Waals surface area contributed by atoms with Crippen LogP contribution in [0.15, 0.2) is 18.2 Å². The highest BCUT2D eigenvalue weighted by Crippen LogP contribution is 2.15. The monoisotopic (exact) mass is 206 g/mol. The molecule has 0 unspecified atom stereocenters. The molecule has 1 aromatic rings. The average Bonchev–Trinajstić information content (AvgIpc) is 2.03. The Bertz CT molecular complexity index is 319. The Morgan fingerprint density at radius 2 is 2.15 bits per heavy atom. The number of hydrazine groups is 1. The van der Waals surface area contributed by atoms with Crippen LogP contribution in [0.25, 0.3) is 0 Å². The number of nitrogens with two attached hydrogens (primary N) is 1. The summed E-state index contributed by atoms with van der Waals surface area (Å²) in [7, 11) is 0. The number of nitrogen functional groups attached to an aromatic ring is 1. The van der Waals surface area contributed by atoms with Crippen molar-refractivity contribution in [3.8, 4) is 0 Å². The van der Waals surface area contributed by atoms with E-state index in [1.54, 1.807) is 0 Å². The van der Waals surface area contributed by atoms with Crippen molar-refractivity contribution < 1.29 is 14.3 Å². The second kappa shape index (κ2) is 4.64. The molecule has 6 heteroatoms. The Morgan fingerprint density at radius 3 is 2.62 bits per heavy atom. The number of hydrogen-bond donors (Lipinski definition) is 3. The van der Waals surface area contributed by atoms with Crippen LogP contribution in [-0.2, 0) is 0 Å². The minimum atomic E-state index is -1.15. The van der Waals surface area contributed by atoms with Crippen molar-refractivity contribution >= 4 is 24.1 Å². The SMILES string of the molecule is Cl.NNc1cc(F)ccc1C(=O)O. The standard InChI is InChI=1S/C7H7FN2O2.ClH/c8-4-1-2-5(7(11)12)6(3-4)10-9;/h1-3,10H,9H2,(H,11,12);1H. The number of hydrogen-bond acceptors (Lipinski definition) is 3. The maximum Gasteiger partial charge on any atom is 0.337 e. The van der Waals surface area contributed by atoms with Crippen LogP contribution in [0.5, 0.6) is 0 Å². The minimum Gasteiger partial charge on any atom is -0.478 e. The number of aromatic carboxylic acids is 1. The molecule has 1 rings (SSSR count). The highest BCUT2D eigenvalue weighted by Gasteiger charge is 2.08. The Hall–Kier alpha value is -1.33. The van der Waals surface area contributed by atoms with Gasteiger partial charge in [0.2, 0.25) is 0 Å². The van der Waals surface area contributed by atoms with Gasteiger partial charge in [-0.2, -0.15) is 0 Å². The lowest BCUT2D eigenvalue weighted by molar-refractivity contribution is 0.0698. The largest absolute Gasteiger partial charge is 0.478 e. The number of anilines is 1. The highest BCUT2D eigenvalue weighted by molar-refractivity contribution is 5.94. The van der Waals surface area contributed by atoms with Crippen molar-refractivity contribution in [2.75, 3.05) is 5.43 Å². The van der Waals surface area contributed by atoms with E-state index in [1.165, 1.54) is 0 Å². The topological polar surface area (TPSA) is 75.3 Å². The van der Waals surface area contributed by atoms with Gasteiger partial charge in [-0.15, -0.1) is 12.4 Å². The molecule has 0 atom stereocenters. The van der Waals surface area contributed by atoms with E-state index in [9.17, 15) is 9.18 Å². The number of carboxylic acids is 1. The highest BCUT2D eigenvalue weighted by atomic mass is 35.5. The van der Waals surface area contributed by atoms with Gasteiger partial charge in [-0.1, -0.05) is 0 Å². The molecule has 0 aliphatic heterocycles. The van der Waals surface area contributed by atoms with Gasteiger partial charge in [0.15, 0.2) is 0 Å². The summed E-state index contributed by atoms with van der Waals surface area (Å²) in [4.78, 5) is 10.5. The van der Waals surface area contributed by atoms with Gasteiger partial charge in [0.05, 0.1) is 11.3 Å². The van der Waals surface area contributed by atoms with Crippen LogP contribution in [0.3, 0.4) is 0 Å². The summed E-state index contributed by atoms with van der Waals surface area (Å²) in [6, 6.07) is 3.22. The second-order valence-electron chi connectivity index (χ2n) is 2.14. The van der Waals surface area contributed by atoms with Gasteiger partial charge in [0, 0.05) is 0 Å². The van der Waals surface area contributed by atoms with Crippen LogP contribution >= 0.6 is 12.4 Å². The van der Waals surface area contributed by atoms with Crippen LogP contribution in [0.2, 0.25) is 0 Å². The molecule has 4 N–H and O–H groups in total. The number of rotatable bonds is 2. The van der Waals surface area contributed by atoms with E-state index in [2.05, 4.69) is 5.43 Å². The molecule has 1 aromatic carbocycles. The van der Waals surface area contributed by atoms with Gasteiger partial charge >= 0.3 is 5.97 Å². The summed E-state index contributed by atoms with van der Waals surface area (Å²) < 4.78 is 12.5. The third-order valence-electron chi connectivity index (χ3n) is 1.37. The first-order chi connectivity index (χ1) is 5.65. The fraction of sp³-hybridized carbons (Fsp3) is 0. The van der Waals surface area contributed by atoms with Gasteiger partial charge in [-0.25, -0.2) is 9.18 Å². The molecular formula is C7H8ClFN2O2. The molecule has 0 amide bonds. The molecule has 4 nitrogen and oxygen atoms in total. The van der Waals surface area contributed by atoms with Gasteiger partial charge in [0.1, 0.15) is 5.82 Å². The van der Waals surface area contributed by atoms with E-state index in [4.69, 9.17) is 10.9 Å². The normalized spacial score (nSPS) is 8.77. The summed E-state index contributed by atoms with van der Waals surface area (Å²) in [5.41, 5.74) is 2.10. The smallest absolute Gasteiger partial charge is 0.337 e. The van der Waals surface area contributed by atoms with Crippen molar-refractivity contribution in [1.29, 1.82) is 0 Å². The zero-order valence-electron chi connectivity index (χ0n) is 6.45. The molecule has 0 saturated carbocycles. The molecule has 0 spiro atoms. The summed E-state index contributed by atoms with van der Waals surface area (Å²) in [5, 5.41) is 8.57. The predicted octanol–water partition coefficient (Wildman–Crippen LogP) is 1.23. The van der Waals surface area contributed by atoms with E-state index in [0.29, 0.717) is 0 Å². The van der Waals surface area contributed by atoms with Crippen molar-refractivity contribution in [2.45, 2.75) is 0 Å². The molecule has 0 saturated heterocycles. The van der Waals surface area contributed by atoms with E-state index < -0.39 is 11.8 Å². The van der Waals surface area contributed by atoms with E-state index >= 15 is 0 Å². The molecule has 72 valence electrons. The molecular weight excluding hydrogens is 199 g/mol. The zero-order chi connectivity index (χ0) is 9.14. The van der Waals surface area contributed by atoms with Crippen LogP contribution in [-0.4, -0.2) is 11.1 Å². The lowest BCUT2D eigenvalue weighted by Gasteiger charge is -2.03. The van der Waals surface area contributed by atoms with Crippen molar-refractivity contribution in [3.05, 3.63) is 29.6 Å². The quantitative estimate of drug-likeness (QED) is 0.503. The first-order valence-corrected chi connectivity index (χ1v) is 3.14. The molecule has 0 aliphatic carbocycles. The van der Waals surface area contributed by atoms with Crippen LogP contribution in [0.1, 0.15) is 10.4 Å². The molecule has 0 fully saturated rings. The number of carboxylic acid groups (broad SMARTS) is 1. The van der Waals surface area contributed by atoms with Crippen LogP contribution in [0, 0.1) is 5.82 Å². The number of nitrogens with one attached hydrogen (secondary N) is 1. The number of halogens is 2. The molecule has 0 radical (unpaired) electrons. The van der Waals surface area contributed by atoms with E-state index in [1.807, 2.05) is 0 Å². The third kappa shape index (κ3) is 2.57. The fourth-order valence-electron chi connectivity index (χ4n) is 0.822. The first kappa shape index (κ1) is 11.7. The molecule has 0 heterocycles. The Morgan fingerprint density at radius 1 is 1.54 bits per heavy atom. The molecule has 0 aromatic heterocycles. The van der Waals surface area contributed by atoms with Crippen molar-refractivity contribution in [3.63, 3.8) is 0 Å². The van der Waals surface area contributed by atoms with Gasteiger partial charge in [-0.05, 0) is 18.2 Å². The van der Waals surface area contributed by atoms with Crippen molar-refractivity contribution in [1.82, 2.24) is 0 Å². The zero-order valence-corrected chi connectivity index (χ0v) is 7.27. The van der Waals surface area contributed by atoms with Gasteiger partial charge in [0.25, 0.3) is 0 Å². The second-order valence-corrected chi connectivity index (χ2v) is 2.14. The Balaban J connectivity index is 0.00000144. The Labute approximate surface area is 79.9 Å². The van der Waals surface area contributed by atoms with Gasteiger partial charge in [-0.3, -0.25) is 5.84 Å². The van der Waals surface area contributed by atoms with E-state index in [-0.39, 0.29) is 23.7 Å². The lowest BCUT2D eigenvalue weighted by atomic mass is 10.2. The first-order valence-electron chi connectivity index (χ1n) is 3.14. The predicted molar refractivity (Wildman–Crippen MR) is 48.4 cm³/mol. The van der Waals surface area contributed by atoms with Crippen molar-refractivity contribution in [2.24, 2.45) is 5.84 Å². The minimum absolute atomic E-state index is 0. The number of benzene rings is 1. The molecule has 13 heavy (non-hydrogen) atoms. The maximum absolute atomic E-state index is 12.5. The molecule has 0 aliphatic rings. The summed E-state index contributed by atoms with van der Waals surface area (Å²) in [5.74, 6) is 3.29. The lowest BCUT2D eigenvalue weighted by Crippen LogP contribution is -2.12. The summed E-state index contributed by atoms with van der Waals surface area (Å²) >= 11 is 0. The molecule has 0 bridgehead atoms. The number of carbonyl (C=O) groups is 1. The summed E-state index contributed by atoms with van der Waals surface area (Å²) in [6.45, 7) is 0. The van der Waals surface area contributed by atoms with Crippen LogP contribution in [0.4, 0.5) is 10.1 Å². The average molecular weight is 207 g/mol. The summed E-state index contributed by atoms with van der Waals surface area (Å²) in [6.07, 6.45) is 0. The maximum atomic E-state index is 12.5. The van der Waals surface area contributed by atoms with Gasteiger partial charge < -0.3 is 10.5 Å². The third-order valence-corrected chi connectivity index (χ3v) is 1.37. The Kier molecular flexibility index (Phi) is 4.16. The fourth-order valence-corrected chi connectivity index (χ4v) is 0.822. The van der Waals surface area contributed by atoms with Crippen LogP contribution < -0.4 is 11.3 Å². The van der Waals surface area contributed by atoms with E-state index in [0.717, 1.165) is 18.2 Å².